The molecule has 0 aromatic heterocycles. The summed E-state index contributed by atoms with van der Waals surface area (Å²) in [7, 11) is 1.62. The number of aryl methyl sites for hydroxylation is 1. The van der Waals surface area contributed by atoms with Crippen molar-refractivity contribution in [3.05, 3.63) is 63.6 Å². The minimum atomic E-state index is -0.458. The standard InChI is InChI=1S/C16H14Br2F2O/c1-21-11-5-2-10(3-6-11)4-7-13(17)12-8-16(20)14(18)9-15(12)19/h2-3,5-6,8-9,13H,4,7H2,1H3. The topological polar surface area (TPSA) is 9.23 Å². The first kappa shape index (κ1) is 16.4. The van der Waals surface area contributed by atoms with E-state index in [9.17, 15) is 8.78 Å². The van der Waals surface area contributed by atoms with Crippen molar-refractivity contribution < 1.29 is 13.5 Å². The second kappa shape index (κ2) is 7.36. The highest BCUT2D eigenvalue weighted by molar-refractivity contribution is 9.10. The average molecular weight is 420 g/mol. The van der Waals surface area contributed by atoms with Crippen LogP contribution in [0.4, 0.5) is 8.78 Å². The Hall–Kier alpha value is -0.940. The van der Waals surface area contributed by atoms with Crippen molar-refractivity contribution in [2.24, 2.45) is 0 Å². The van der Waals surface area contributed by atoms with Crippen molar-refractivity contribution in [1.29, 1.82) is 0 Å². The van der Waals surface area contributed by atoms with Crippen LogP contribution in [0.3, 0.4) is 0 Å². The highest BCUT2D eigenvalue weighted by atomic mass is 79.9. The molecule has 112 valence electrons. The van der Waals surface area contributed by atoms with Gasteiger partial charge in [-0.05, 0) is 58.6 Å². The molecule has 0 saturated carbocycles. The normalized spacial score (nSPS) is 12.2. The van der Waals surface area contributed by atoms with E-state index in [1.54, 1.807) is 7.11 Å². The number of hydrogen-bond acceptors (Lipinski definition) is 1. The first-order chi connectivity index (χ1) is 10.0. The van der Waals surface area contributed by atoms with E-state index in [-0.39, 0.29) is 9.30 Å². The van der Waals surface area contributed by atoms with Crippen molar-refractivity contribution in [2.75, 3.05) is 7.11 Å². The summed E-state index contributed by atoms with van der Waals surface area (Å²) in [6.07, 6.45) is 1.43. The highest BCUT2D eigenvalue weighted by Gasteiger charge is 2.15. The lowest BCUT2D eigenvalue weighted by Gasteiger charge is -2.12. The van der Waals surface area contributed by atoms with Crippen molar-refractivity contribution >= 4 is 31.9 Å². The molecule has 0 fully saturated rings. The van der Waals surface area contributed by atoms with Gasteiger partial charge in [0.05, 0.1) is 11.6 Å². The Morgan fingerprint density at radius 3 is 2.38 bits per heavy atom. The zero-order chi connectivity index (χ0) is 15.4. The van der Waals surface area contributed by atoms with Crippen LogP contribution in [0, 0.1) is 11.6 Å². The quantitative estimate of drug-likeness (QED) is 0.439. The van der Waals surface area contributed by atoms with Crippen LogP contribution in [0.1, 0.15) is 22.4 Å². The van der Waals surface area contributed by atoms with Crippen LogP contribution in [0.25, 0.3) is 0 Å². The maximum atomic E-state index is 13.9. The number of benzene rings is 2. The molecule has 0 saturated heterocycles. The highest BCUT2D eigenvalue weighted by Crippen LogP contribution is 2.32. The van der Waals surface area contributed by atoms with Gasteiger partial charge in [0.15, 0.2) is 0 Å². The molecule has 0 heterocycles. The molecule has 0 N–H and O–H groups in total. The van der Waals surface area contributed by atoms with Crippen molar-refractivity contribution in [3.63, 3.8) is 0 Å². The van der Waals surface area contributed by atoms with Gasteiger partial charge in [0.1, 0.15) is 17.4 Å². The van der Waals surface area contributed by atoms with E-state index >= 15 is 0 Å². The third-order valence-electron chi connectivity index (χ3n) is 3.22. The average Bonchev–Trinajstić information content (AvgIpc) is 2.49. The smallest absolute Gasteiger partial charge is 0.137 e. The zero-order valence-electron chi connectivity index (χ0n) is 11.4. The molecule has 0 bridgehead atoms. The molecule has 2 aromatic rings. The molecule has 1 unspecified atom stereocenters. The Morgan fingerprint density at radius 2 is 1.76 bits per heavy atom. The maximum Gasteiger partial charge on any atom is 0.137 e. The molecule has 1 nitrogen and oxygen atoms in total. The van der Waals surface area contributed by atoms with E-state index in [2.05, 4.69) is 31.9 Å². The summed E-state index contributed by atoms with van der Waals surface area (Å²) < 4.78 is 32.6. The van der Waals surface area contributed by atoms with Gasteiger partial charge in [0.2, 0.25) is 0 Å². The predicted molar refractivity (Wildman–Crippen MR) is 87.0 cm³/mol. The molecular weight excluding hydrogens is 406 g/mol. The van der Waals surface area contributed by atoms with Gasteiger partial charge in [-0.3, -0.25) is 0 Å². The minimum absolute atomic E-state index is 0.138. The Bertz CT molecular complexity index is 614. The van der Waals surface area contributed by atoms with Crippen molar-refractivity contribution in [1.82, 2.24) is 0 Å². The second-order valence-electron chi connectivity index (χ2n) is 4.64. The molecule has 2 rings (SSSR count). The van der Waals surface area contributed by atoms with Gasteiger partial charge in [-0.15, -0.1) is 0 Å². The molecule has 0 aliphatic rings. The fraction of sp³-hybridized carbons (Fsp3) is 0.250. The fourth-order valence-corrected chi connectivity index (χ4v) is 2.91. The van der Waals surface area contributed by atoms with Crippen molar-refractivity contribution in [3.8, 4) is 5.75 Å². The van der Waals surface area contributed by atoms with E-state index in [0.717, 1.165) is 23.8 Å². The number of alkyl halides is 1. The third-order valence-corrected chi connectivity index (χ3v) is 4.78. The van der Waals surface area contributed by atoms with Gasteiger partial charge >= 0.3 is 0 Å². The number of halogens is 4. The third kappa shape index (κ3) is 4.27. The summed E-state index contributed by atoms with van der Waals surface area (Å²) in [5.74, 6) is -0.0738. The van der Waals surface area contributed by atoms with Crippen LogP contribution >= 0.6 is 31.9 Å². The van der Waals surface area contributed by atoms with E-state index in [4.69, 9.17) is 4.74 Å². The molecule has 2 aromatic carbocycles. The number of hydrogen-bond donors (Lipinski definition) is 0. The van der Waals surface area contributed by atoms with Gasteiger partial charge in [-0.2, -0.15) is 0 Å². The predicted octanol–water partition coefficient (Wildman–Crippen LogP) is 5.80. The molecular formula is C16H14Br2F2O. The zero-order valence-corrected chi connectivity index (χ0v) is 14.5. The maximum absolute atomic E-state index is 13.9. The van der Waals surface area contributed by atoms with Crippen LogP contribution < -0.4 is 4.74 Å². The molecule has 0 aliphatic heterocycles. The summed E-state index contributed by atoms with van der Waals surface area (Å²) in [6.45, 7) is 0. The summed E-state index contributed by atoms with van der Waals surface area (Å²) in [6, 6.07) is 10.1. The molecule has 21 heavy (non-hydrogen) atoms. The summed E-state index contributed by atoms with van der Waals surface area (Å²) in [5, 5.41) is 0. The SMILES string of the molecule is COc1ccc(CCC(Br)c2cc(F)c(Br)cc2F)cc1. The van der Waals surface area contributed by atoms with Crippen LogP contribution in [-0.2, 0) is 6.42 Å². The van der Waals surface area contributed by atoms with E-state index in [1.165, 1.54) is 6.07 Å². The Kier molecular flexibility index (Phi) is 5.76. The first-order valence-corrected chi connectivity index (χ1v) is 8.13. The Balaban J connectivity index is 2.04. The number of methoxy groups -OCH3 is 1. The van der Waals surface area contributed by atoms with E-state index < -0.39 is 11.6 Å². The second-order valence-corrected chi connectivity index (χ2v) is 6.60. The van der Waals surface area contributed by atoms with Gasteiger partial charge in [0.25, 0.3) is 0 Å². The molecule has 0 radical (unpaired) electrons. The van der Waals surface area contributed by atoms with Crippen molar-refractivity contribution in [2.45, 2.75) is 17.7 Å². The summed E-state index contributed by atoms with van der Waals surface area (Å²) in [4.78, 5) is -0.234. The summed E-state index contributed by atoms with van der Waals surface area (Å²) >= 11 is 6.41. The van der Waals surface area contributed by atoms with Crippen LogP contribution in [-0.4, -0.2) is 7.11 Å². The largest absolute Gasteiger partial charge is 0.497 e. The lowest BCUT2D eigenvalue weighted by molar-refractivity contribution is 0.414. The first-order valence-electron chi connectivity index (χ1n) is 6.42. The molecule has 0 spiro atoms. The Labute approximate surface area is 139 Å². The monoisotopic (exact) mass is 418 g/mol. The van der Waals surface area contributed by atoms with Gasteiger partial charge in [0, 0.05) is 10.4 Å². The van der Waals surface area contributed by atoms with Gasteiger partial charge < -0.3 is 4.74 Å². The van der Waals surface area contributed by atoms with E-state index in [1.807, 2.05) is 24.3 Å². The van der Waals surface area contributed by atoms with Crippen LogP contribution in [0.5, 0.6) is 5.75 Å². The lowest BCUT2D eigenvalue weighted by Crippen LogP contribution is -1.99. The van der Waals surface area contributed by atoms with E-state index in [0.29, 0.717) is 12.0 Å². The molecule has 5 heteroatoms. The van der Waals surface area contributed by atoms with Crippen LogP contribution in [0.15, 0.2) is 40.9 Å². The number of ether oxygens (including phenoxy) is 1. The fourth-order valence-electron chi connectivity index (χ4n) is 2.02. The Morgan fingerprint density at radius 1 is 1.10 bits per heavy atom. The summed E-state index contributed by atoms with van der Waals surface area (Å²) in [5.41, 5.74) is 1.46. The molecule has 0 aliphatic carbocycles. The minimum Gasteiger partial charge on any atom is -0.497 e. The van der Waals surface area contributed by atoms with Crippen LogP contribution in [0.2, 0.25) is 0 Å². The number of rotatable bonds is 5. The van der Waals surface area contributed by atoms with Gasteiger partial charge in [-0.1, -0.05) is 28.1 Å². The van der Waals surface area contributed by atoms with Gasteiger partial charge in [-0.25, -0.2) is 8.78 Å². The molecule has 1 atom stereocenters. The lowest BCUT2D eigenvalue weighted by atomic mass is 10.0. The molecule has 0 amide bonds.